The van der Waals surface area contributed by atoms with E-state index in [2.05, 4.69) is 28.8 Å². The minimum absolute atomic E-state index is 0.144. The molecule has 3 fully saturated rings. The lowest BCUT2D eigenvalue weighted by Crippen LogP contribution is -2.47. The maximum absolute atomic E-state index is 11.0. The molecule has 8 atom stereocenters. The number of aliphatic hydroxyl groups is 4. The second-order valence-electron chi connectivity index (χ2n) is 18.0. The van der Waals surface area contributed by atoms with Crippen LogP contribution in [0.15, 0.2) is 0 Å². The third-order valence-corrected chi connectivity index (χ3v) is 12.1. The van der Waals surface area contributed by atoms with Crippen molar-refractivity contribution in [2.45, 2.75) is 191 Å². The number of rotatable bonds is 31. The van der Waals surface area contributed by atoms with Crippen molar-refractivity contribution in [3.63, 3.8) is 0 Å². The van der Waals surface area contributed by atoms with Crippen LogP contribution in [0.3, 0.4) is 0 Å². The number of aliphatic hydroxyl groups excluding tert-OH is 4. The van der Waals surface area contributed by atoms with Crippen molar-refractivity contribution in [2.24, 2.45) is 0 Å². The molecular formula is C44H87N3O10. The van der Waals surface area contributed by atoms with Gasteiger partial charge < -0.3 is 58.6 Å². The lowest BCUT2D eigenvalue weighted by molar-refractivity contribution is -0.0882. The second-order valence-corrected chi connectivity index (χ2v) is 18.0. The maximum Gasteiger partial charge on any atom is 0.0900 e. The lowest BCUT2D eigenvalue weighted by atomic mass is 9.93. The molecule has 8 unspecified atom stereocenters. The van der Waals surface area contributed by atoms with E-state index in [1.807, 2.05) is 27.7 Å². The minimum Gasteiger partial charge on any atom is -0.389 e. The van der Waals surface area contributed by atoms with Crippen LogP contribution in [-0.2, 0) is 28.4 Å². The van der Waals surface area contributed by atoms with E-state index in [4.69, 9.17) is 28.4 Å². The van der Waals surface area contributed by atoms with E-state index in [9.17, 15) is 20.4 Å². The SMILES string of the molecule is CC(COCC(O)CN(CC(O)COC(C)COC(C)COCC(O)CN(C)C1CCCCC1)C1CCCCC1)OCC(C)OCC(O)CN(C)C1CCCCC1. The highest BCUT2D eigenvalue weighted by Crippen LogP contribution is 2.24. The molecule has 13 nitrogen and oxygen atoms in total. The Kier molecular flexibility index (Phi) is 26.5. The van der Waals surface area contributed by atoms with Gasteiger partial charge in [-0.3, -0.25) is 4.90 Å². The van der Waals surface area contributed by atoms with Crippen LogP contribution in [0.4, 0.5) is 0 Å². The second kappa shape index (κ2) is 29.7. The Morgan fingerprint density at radius 1 is 0.386 bits per heavy atom. The predicted octanol–water partition coefficient (Wildman–Crippen LogP) is 4.25. The average Bonchev–Trinajstić information content (AvgIpc) is 3.21. The molecule has 13 heteroatoms. The third kappa shape index (κ3) is 22.8. The monoisotopic (exact) mass is 818 g/mol. The normalized spacial score (nSPS) is 22.5. The Hall–Kier alpha value is -0.520. The molecule has 3 aliphatic rings. The molecule has 57 heavy (non-hydrogen) atoms. The Morgan fingerprint density at radius 3 is 1.09 bits per heavy atom. The van der Waals surface area contributed by atoms with Crippen LogP contribution in [0, 0.1) is 0 Å². The van der Waals surface area contributed by atoms with Crippen molar-refractivity contribution in [1.82, 2.24) is 14.7 Å². The van der Waals surface area contributed by atoms with E-state index in [0.717, 1.165) is 25.7 Å². The first-order valence-electron chi connectivity index (χ1n) is 22.9. The van der Waals surface area contributed by atoms with Gasteiger partial charge in [-0.1, -0.05) is 57.8 Å². The summed E-state index contributed by atoms with van der Waals surface area (Å²) in [5.74, 6) is 0. The number of likely N-dealkylation sites (N-methyl/N-ethyl adjacent to an activating group) is 2. The number of nitrogens with zero attached hydrogens (tertiary/aromatic N) is 3. The van der Waals surface area contributed by atoms with Gasteiger partial charge in [0, 0.05) is 44.3 Å². The molecule has 0 saturated heterocycles. The van der Waals surface area contributed by atoms with Crippen molar-refractivity contribution < 1.29 is 48.8 Å². The van der Waals surface area contributed by atoms with Crippen LogP contribution in [-0.4, -0.2) is 195 Å². The molecule has 0 radical (unpaired) electrons. The van der Waals surface area contributed by atoms with Gasteiger partial charge in [-0.25, -0.2) is 0 Å². The largest absolute Gasteiger partial charge is 0.389 e. The fraction of sp³-hybridized carbons (Fsp3) is 1.00. The van der Waals surface area contributed by atoms with Gasteiger partial charge >= 0.3 is 0 Å². The number of ether oxygens (including phenoxy) is 6. The summed E-state index contributed by atoms with van der Waals surface area (Å²) in [5, 5.41) is 43.0. The Bertz CT molecular complexity index is 971. The summed E-state index contributed by atoms with van der Waals surface area (Å²) < 4.78 is 35.4. The first-order chi connectivity index (χ1) is 27.4. The van der Waals surface area contributed by atoms with Crippen LogP contribution in [0.5, 0.6) is 0 Å². The van der Waals surface area contributed by atoms with Crippen LogP contribution >= 0.6 is 0 Å². The molecule has 0 aromatic heterocycles. The molecule has 0 aromatic rings. The molecule has 0 amide bonds. The summed E-state index contributed by atoms with van der Waals surface area (Å²) in [6.45, 7) is 12.3. The maximum atomic E-state index is 11.0. The zero-order valence-corrected chi connectivity index (χ0v) is 37.0. The Morgan fingerprint density at radius 2 is 0.684 bits per heavy atom. The van der Waals surface area contributed by atoms with Crippen LogP contribution in [0.2, 0.25) is 0 Å². The van der Waals surface area contributed by atoms with Crippen molar-refractivity contribution in [3.05, 3.63) is 0 Å². The summed E-state index contributed by atoms with van der Waals surface area (Å²) in [5.41, 5.74) is 0. The summed E-state index contributed by atoms with van der Waals surface area (Å²) >= 11 is 0. The number of hydrogen-bond acceptors (Lipinski definition) is 13. The van der Waals surface area contributed by atoms with E-state index in [0.29, 0.717) is 70.7 Å². The van der Waals surface area contributed by atoms with E-state index < -0.39 is 24.4 Å². The molecule has 338 valence electrons. The standard InChI is InChI=1S/C44H87N3O10/c1-34(26-52-30-41(48)22-45(5)38-16-10-7-11-17-38)55-29-37(4)57-33-44(51)25-47(40-20-14-9-15-21-40)24-43(50)31-53-27-35(2)54-28-36(3)56-32-42(49)23-46(6)39-18-12-8-13-19-39/h34-44,48-51H,7-33H2,1-6H3. The molecular weight excluding hydrogens is 730 g/mol. The van der Waals surface area contributed by atoms with Gasteiger partial charge in [0.1, 0.15) is 0 Å². The van der Waals surface area contributed by atoms with Gasteiger partial charge in [0.15, 0.2) is 0 Å². The minimum atomic E-state index is -0.701. The smallest absolute Gasteiger partial charge is 0.0900 e. The van der Waals surface area contributed by atoms with Gasteiger partial charge in [-0.05, 0) is 80.3 Å². The predicted molar refractivity (Wildman–Crippen MR) is 225 cm³/mol. The van der Waals surface area contributed by atoms with Gasteiger partial charge in [-0.2, -0.15) is 0 Å². The van der Waals surface area contributed by atoms with Crippen molar-refractivity contribution in [1.29, 1.82) is 0 Å². The van der Waals surface area contributed by atoms with Gasteiger partial charge in [0.2, 0.25) is 0 Å². The van der Waals surface area contributed by atoms with E-state index in [1.54, 1.807) is 0 Å². The van der Waals surface area contributed by atoms with Crippen molar-refractivity contribution in [2.75, 3.05) is 93.1 Å². The first kappa shape index (κ1) is 50.8. The quantitative estimate of drug-likeness (QED) is 0.0793. The summed E-state index contributed by atoms with van der Waals surface area (Å²) in [7, 11) is 4.20. The molecule has 4 N–H and O–H groups in total. The number of hydrogen-bond donors (Lipinski definition) is 4. The van der Waals surface area contributed by atoms with Gasteiger partial charge in [-0.15, -0.1) is 0 Å². The van der Waals surface area contributed by atoms with E-state index >= 15 is 0 Å². The molecule has 0 aliphatic heterocycles. The Balaban J connectivity index is 1.25. The lowest BCUT2D eigenvalue weighted by Gasteiger charge is -2.37. The summed E-state index contributed by atoms with van der Waals surface area (Å²) in [6, 6.07) is 1.44. The summed E-state index contributed by atoms with van der Waals surface area (Å²) in [6.07, 6.45) is 15.1. The highest BCUT2D eigenvalue weighted by atomic mass is 16.6. The van der Waals surface area contributed by atoms with Crippen molar-refractivity contribution >= 4 is 0 Å². The van der Waals surface area contributed by atoms with Crippen LogP contribution in [0.1, 0.15) is 124 Å². The fourth-order valence-corrected chi connectivity index (χ4v) is 8.66. The van der Waals surface area contributed by atoms with Crippen molar-refractivity contribution in [3.8, 4) is 0 Å². The highest BCUT2D eigenvalue weighted by molar-refractivity contribution is 4.81. The van der Waals surface area contributed by atoms with E-state index in [1.165, 1.54) is 70.6 Å². The van der Waals surface area contributed by atoms with Crippen LogP contribution < -0.4 is 0 Å². The average molecular weight is 818 g/mol. The molecule has 3 saturated carbocycles. The molecule has 0 spiro atoms. The Labute approximate surface area is 347 Å². The molecule has 3 rings (SSSR count). The van der Waals surface area contributed by atoms with Gasteiger partial charge in [0.05, 0.1) is 102 Å². The zero-order valence-electron chi connectivity index (χ0n) is 37.0. The molecule has 0 heterocycles. The molecule has 3 aliphatic carbocycles. The van der Waals surface area contributed by atoms with Crippen LogP contribution in [0.25, 0.3) is 0 Å². The summed E-state index contributed by atoms with van der Waals surface area (Å²) in [4.78, 5) is 6.76. The first-order valence-corrected chi connectivity index (χ1v) is 22.9. The fourth-order valence-electron chi connectivity index (χ4n) is 8.66. The van der Waals surface area contributed by atoms with Gasteiger partial charge in [0.25, 0.3) is 0 Å². The zero-order chi connectivity index (χ0) is 41.4. The third-order valence-electron chi connectivity index (χ3n) is 12.1. The molecule has 0 bridgehead atoms. The highest BCUT2D eigenvalue weighted by Gasteiger charge is 2.27. The topological polar surface area (TPSA) is 146 Å². The van der Waals surface area contributed by atoms with E-state index in [-0.39, 0.29) is 50.8 Å². The molecule has 0 aromatic carbocycles.